The lowest BCUT2D eigenvalue weighted by Gasteiger charge is -2.10. The molecule has 24 heavy (non-hydrogen) atoms. The lowest BCUT2D eigenvalue weighted by Crippen LogP contribution is -2.24. The van der Waals surface area contributed by atoms with E-state index in [2.05, 4.69) is 5.32 Å². The molecule has 0 heterocycles. The Morgan fingerprint density at radius 1 is 1.12 bits per heavy atom. The maximum absolute atomic E-state index is 13.0. The van der Waals surface area contributed by atoms with E-state index >= 15 is 0 Å². The Morgan fingerprint density at radius 2 is 1.79 bits per heavy atom. The zero-order valence-electron chi connectivity index (χ0n) is 13.3. The van der Waals surface area contributed by atoms with E-state index < -0.39 is 5.82 Å². The van der Waals surface area contributed by atoms with Crippen LogP contribution in [-0.2, 0) is 16.1 Å². The Hall–Kier alpha value is -2.73. The number of nitrogen functional groups attached to an aromatic ring is 1. The Morgan fingerprint density at radius 3 is 2.46 bits per heavy atom. The summed E-state index contributed by atoms with van der Waals surface area (Å²) < 4.78 is 17.8. The zero-order chi connectivity index (χ0) is 17.5. The molecule has 0 atom stereocenters. The fraction of sp³-hybridized carbons (Fsp3) is 0.222. The van der Waals surface area contributed by atoms with E-state index in [9.17, 15) is 14.0 Å². The molecular formula is C18H19FN2O3. The summed E-state index contributed by atoms with van der Waals surface area (Å²) in [5.41, 5.74) is 7.97. The third-order valence-electron chi connectivity index (χ3n) is 3.40. The maximum Gasteiger partial charge on any atom is 0.319 e. The van der Waals surface area contributed by atoms with E-state index in [1.54, 1.807) is 25.1 Å². The predicted octanol–water partition coefficient (Wildman–Crippen LogP) is 2.29. The van der Waals surface area contributed by atoms with Crippen molar-refractivity contribution in [1.29, 1.82) is 0 Å². The van der Waals surface area contributed by atoms with Crippen molar-refractivity contribution in [2.45, 2.75) is 13.5 Å². The average molecular weight is 330 g/mol. The Balaban J connectivity index is 2.08. The molecule has 3 N–H and O–H groups in total. The van der Waals surface area contributed by atoms with Crippen LogP contribution >= 0.6 is 0 Å². The molecule has 5 nitrogen and oxygen atoms in total. The van der Waals surface area contributed by atoms with E-state index in [1.807, 2.05) is 0 Å². The standard InChI is InChI=1S/C18H19FN2O3/c1-2-24-17(22)11-21-10-14-9-13(5-8-16(14)20)18(23)12-3-6-15(19)7-4-12/h3-9,21H,2,10-11,20H2,1H3. The van der Waals surface area contributed by atoms with Gasteiger partial charge in [0.2, 0.25) is 0 Å². The van der Waals surface area contributed by atoms with Gasteiger partial charge in [0, 0.05) is 23.4 Å². The SMILES string of the molecule is CCOC(=O)CNCc1cc(C(=O)c2ccc(F)cc2)ccc1N. The van der Waals surface area contributed by atoms with Crippen molar-refractivity contribution in [2.75, 3.05) is 18.9 Å². The summed E-state index contributed by atoms with van der Waals surface area (Å²) in [6, 6.07) is 10.3. The van der Waals surface area contributed by atoms with Gasteiger partial charge in [-0.05, 0) is 55.0 Å². The number of benzene rings is 2. The first-order chi connectivity index (χ1) is 11.5. The van der Waals surface area contributed by atoms with Gasteiger partial charge in [0.05, 0.1) is 13.2 Å². The van der Waals surface area contributed by atoms with Crippen molar-refractivity contribution in [1.82, 2.24) is 5.32 Å². The molecule has 0 spiro atoms. The van der Waals surface area contributed by atoms with Gasteiger partial charge in [0.1, 0.15) is 5.82 Å². The zero-order valence-corrected chi connectivity index (χ0v) is 13.3. The number of carbonyl (C=O) groups is 2. The highest BCUT2D eigenvalue weighted by Gasteiger charge is 2.11. The first-order valence-corrected chi connectivity index (χ1v) is 7.56. The van der Waals surface area contributed by atoms with Crippen molar-refractivity contribution in [3.05, 3.63) is 65.0 Å². The summed E-state index contributed by atoms with van der Waals surface area (Å²) in [5.74, 6) is -0.969. The maximum atomic E-state index is 13.0. The second-order valence-electron chi connectivity index (χ2n) is 5.16. The smallest absolute Gasteiger partial charge is 0.319 e. The van der Waals surface area contributed by atoms with Gasteiger partial charge in [0.25, 0.3) is 0 Å². The Bertz CT molecular complexity index is 730. The van der Waals surface area contributed by atoms with Crippen molar-refractivity contribution >= 4 is 17.4 Å². The molecule has 0 amide bonds. The number of hydrogen-bond acceptors (Lipinski definition) is 5. The average Bonchev–Trinajstić information content (AvgIpc) is 2.57. The molecule has 0 saturated carbocycles. The van der Waals surface area contributed by atoms with E-state index in [4.69, 9.17) is 10.5 Å². The lowest BCUT2D eigenvalue weighted by atomic mass is 10.0. The van der Waals surface area contributed by atoms with Crippen molar-refractivity contribution in [2.24, 2.45) is 0 Å². The number of ether oxygens (including phenoxy) is 1. The number of esters is 1. The number of halogens is 1. The van der Waals surface area contributed by atoms with Crippen LogP contribution in [0.4, 0.5) is 10.1 Å². The lowest BCUT2D eigenvalue weighted by molar-refractivity contribution is -0.142. The summed E-state index contributed by atoms with van der Waals surface area (Å²) in [6.07, 6.45) is 0. The number of nitrogens with two attached hydrogens (primary N) is 1. The van der Waals surface area contributed by atoms with Crippen LogP contribution in [0, 0.1) is 5.82 Å². The minimum Gasteiger partial charge on any atom is -0.465 e. The second kappa shape index (κ2) is 8.21. The summed E-state index contributed by atoms with van der Waals surface area (Å²) in [6.45, 7) is 2.45. The minimum absolute atomic E-state index is 0.0589. The molecule has 0 aliphatic rings. The third kappa shape index (κ3) is 4.63. The van der Waals surface area contributed by atoms with E-state index in [-0.39, 0.29) is 18.3 Å². The van der Waals surface area contributed by atoms with Gasteiger partial charge in [-0.3, -0.25) is 9.59 Å². The minimum atomic E-state index is -0.396. The molecule has 0 unspecified atom stereocenters. The Labute approximate surface area is 139 Å². The molecule has 0 aromatic heterocycles. The molecule has 0 aliphatic heterocycles. The molecule has 0 bridgehead atoms. The number of anilines is 1. The van der Waals surface area contributed by atoms with Crippen LogP contribution in [0.15, 0.2) is 42.5 Å². The van der Waals surface area contributed by atoms with Gasteiger partial charge in [-0.15, -0.1) is 0 Å². The molecule has 0 fully saturated rings. The number of nitrogens with one attached hydrogen (secondary N) is 1. The fourth-order valence-corrected chi connectivity index (χ4v) is 2.18. The van der Waals surface area contributed by atoms with Gasteiger partial charge >= 0.3 is 5.97 Å². The van der Waals surface area contributed by atoms with Crippen LogP contribution in [0.5, 0.6) is 0 Å². The number of ketones is 1. The summed E-state index contributed by atoms with van der Waals surface area (Å²) in [5, 5.41) is 2.93. The predicted molar refractivity (Wildman–Crippen MR) is 89.0 cm³/mol. The quantitative estimate of drug-likeness (QED) is 0.462. The number of hydrogen-bond donors (Lipinski definition) is 2. The van der Waals surface area contributed by atoms with Crippen LogP contribution in [0.25, 0.3) is 0 Å². The monoisotopic (exact) mass is 330 g/mol. The molecule has 0 aliphatic carbocycles. The van der Waals surface area contributed by atoms with Crippen molar-refractivity contribution in [3.63, 3.8) is 0 Å². The fourth-order valence-electron chi connectivity index (χ4n) is 2.18. The third-order valence-corrected chi connectivity index (χ3v) is 3.40. The van der Waals surface area contributed by atoms with E-state index in [0.717, 1.165) is 0 Å². The highest BCUT2D eigenvalue weighted by atomic mass is 19.1. The highest BCUT2D eigenvalue weighted by molar-refractivity contribution is 6.09. The van der Waals surface area contributed by atoms with Gasteiger partial charge in [-0.25, -0.2) is 4.39 Å². The number of carbonyl (C=O) groups excluding carboxylic acids is 2. The van der Waals surface area contributed by atoms with Gasteiger partial charge in [-0.1, -0.05) is 0 Å². The van der Waals surface area contributed by atoms with Crippen LogP contribution in [0.3, 0.4) is 0 Å². The molecule has 0 radical (unpaired) electrons. The highest BCUT2D eigenvalue weighted by Crippen LogP contribution is 2.17. The molecule has 2 rings (SSSR count). The first-order valence-electron chi connectivity index (χ1n) is 7.56. The molecule has 0 saturated heterocycles. The van der Waals surface area contributed by atoms with Gasteiger partial charge in [0.15, 0.2) is 5.78 Å². The topological polar surface area (TPSA) is 81.4 Å². The molecular weight excluding hydrogens is 311 g/mol. The number of rotatable bonds is 7. The van der Waals surface area contributed by atoms with Crippen LogP contribution in [-0.4, -0.2) is 24.9 Å². The second-order valence-corrected chi connectivity index (χ2v) is 5.16. The van der Waals surface area contributed by atoms with Gasteiger partial charge < -0.3 is 15.8 Å². The van der Waals surface area contributed by atoms with Gasteiger partial charge in [-0.2, -0.15) is 0 Å². The first kappa shape index (κ1) is 17.6. The molecule has 126 valence electrons. The largest absolute Gasteiger partial charge is 0.465 e. The summed E-state index contributed by atoms with van der Waals surface area (Å²) in [4.78, 5) is 23.7. The van der Waals surface area contributed by atoms with E-state index in [1.165, 1.54) is 24.3 Å². The van der Waals surface area contributed by atoms with Crippen molar-refractivity contribution in [3.8, 4) is 0 Å². The van der Waals surface area contributed by atoms with Crippen LogP contribution < -0.4 is 11.1 Å². The van der Waals surface area contributed by atoms with Crippen molar-refractivity contribution < 1.29 is 18.7 Å². The normalized spacial score (nSPS) is 10.4. The Kier molecular flexibility index (Phi) is 6.03. The molecule has 2 aromatic carbocycles. The molecule has 6 heteroatoms. The molecule has 2 aromatic rings. The summed E-state index contributed by atoms with van der Waals surface area (Å²) >= 11 is 0. The van der Waals surface area contributed by atoms with Crippen LogP contribution in [0.2, 0.25) is 0 Å². The van der Waals surface area contributed by atoms with Crippen LogP contribution in [0.1, 0.15) is 28.4 Å². The summed E-state index contributed by atoms with van der Waals surface area (Å²) in [7, 11) is 0. The van der Waals surface area contributed by atoms with E-state index in [0.29, 0.717) is 35.5 Å².